The Hall–Kier alpha value is -2.01. The molecule has 1 aliphatic rings. The van der Waals surface area contributed by atoms with E-state index < -0.39 is 0 Å². The first kappa shape index (κ1) is 18.3. The Balaban J connectivity index is 2.11. The summed E-state index contributed by atoms with van der Waals surface area (Å²) < 4.78 is 0. The van der Waals surface area contributed by atoms with Crippen LogP contribution in [0.4, 0.5) is 0 Å². The normalized spacial score (nSPS) is 18.7. The van der Waals surface area contributed by atoms with E-state index in [9.17, 15) is 4.79 Å². The maximum absolute atomic E-state index is 12.4. The smallest absolute Gasteiger partial charge is 0.257 e. The van der Waals surface area contributed by atoms with E-state index in [0.717, 1.165) is 36.9 Å². The third-order valence-corrected chi connectivity index (χ3v) is 4.63. The van der Waals surface area contributed by atoms with Crippen molar-refractivity contribution in [1.29, 1.82) is 0 Å². The average Bonchev–Trinajstić information content (AvgIpc) is 2.60. The molecule has 0 saturated carbocycles. The van der Waals surface area contributed by atoms with Gasteiger partial charge in [-0.05, 0) is 63.0 Å². The van der Waals surface area contributed by atoms with Gasteiger partial charge in [-0.3, -0.25) is 15.1 Å². The summed E-state index contributed by atoms with van der Waals surface area (Å²) in [6.45, 7) is 4.86. The third kappa shape index (κ3) is 4.51. The van der Waals surface area contributed by atoms with Crippen LogP contribution >= 0.6 is 12.2 Å². The van der Waals surface area contributed by atoms with Crippen LogP contribution in [-0.4, -0.2) is 41.8 Å². The van der Waals surface area contributed by atoms with Crippen molar-refractivity contribution >= 4 is 29.5 Å². The lowest BCUT2D eigenvalue weighted by Crippen LogP contribution is -2.50. The summed E-state index contributed by atoms with van der Waals surface area (Å²) in [6.07, 6.45) is 7.21. The van der Waals surface area contributed by atoms with Crippen LogP contribution in [-0.2, 0) is 0 Å². The predicted octanol–water partition coefficient (Wildman–Crippen LogP) is 3.51. The number of carbonyl (C=O) groups excluding carboxylic acids is 1. The number of carbonyl (C=O) groups is 1. The second kappa shape index (κ2) is 8.73. The number of nitrogens with one attached hydrogen (secondary N) is 1. The van der Waals surface area contributed by atoms with Gasteiger partial charge >= 0.3 is 0 Å². The summed E-state index contributed by atoms with van der Waals surface area (Å²) in [4.78, 5) is 18.7. The average molecular weight is 343 g/mol. The zero-order valence-corrected chi connectivity index (χ0v) is 15.4. The van der Waals surface area contributed by atoms with E-state index in [4.69, 9.17) is 12.2 Å². The van der Waals surface area contributed by atoms with Crippen molar-refractivity contribution in [3.05, 3.63) is 47.0 Å². The van der Waals surface area contributed by atoms with Crippen molar-refractivity contribution in [1.82, 2.24) is 10.2 Å². The minimum atomic E-state index is -0.157. The van der Waals surface area contributed by atoms with Gasteiger partial charge in [-0.2, -0.15) is 0 Å². The Kier molecular flexibility index (Phi) is 6.67. The van der Waals surface area contributed by atoms with E-state index in [1.165, 1.54) is 0 Å². The first-order chi connectivity index (χ1) is 11.6. The SMILES string of the molecule is C/C=C(\C=NC)C1CCCCN1C(=S)NC(=O)c1ccc(C)cc1. The zero-order valence-electron chi connectivity index (χ0n) is 14.6. The van der Waals surface area contributed by atoms with E-state index in [0.29, 0.717) is 10.7 Å². The van der Waals surface area contributed by atoms with Crippen LogP contribution < -0.4 is 5.32 Å². The maximum Gasteiger partial charge on any atom is 0.257 e. The second-order valence-electron chi connectivity index (χ2n) is 6.01. The molecule has 1 aromatic carbocycles. The van der Waals surface area contributed by atoms with E-state index in [1.54, 1.807) is 7.05 Å². The Labute approximate surface area is 149 Å². The standard InChI is InChI=1S/C19H25N3OS/c1-4-15(13-20-3)17-7-5-6-12-22(17)19(24)21-18(23)16-10-8-14(2)9-11-16/h4,8-11,13,17H,5-7,12H2,1-3H3,(H,21,23,24)/b15-4+,20-13?. The van der Waals surface area contributed by atoms with Gasteiger partial charge in [0.1, 0.15) is 0 Å². The van der Waals surface area contributed by atoms with E-state index in [2.05, 4.69) is 21.3 Å². The number of nitrogens with zero attached hydrogens (tertiary/aromatic N) is 2. The van der Waals surface area contributed by atoms with Gasteiger partial charge < -0.3 is 4.90 Å². The van der Waals surface area contributed by atoms with Gasteiger partial charge in [0.25, 0.3) is 5.91 Å². The number of benzene rings is 1. The van der Waals surface area contributed by atoms with Gasteiger partial charge in [-0.15, -0.1) is 0 Å². The molecule has 128 valence electrons. The molecule has 0 aliphatic carbocycles. The molecule has 0 spiro atoms. The lowest BCUT2D eigenvalue weighted by Gasteiger charge is -2.38. The molecule has 1 aromatic rings. The number of allylic oxidation sites excluding steroid dienone is 1. The van der Waals surface area contributed by atoms with Crippen LogP contribution in [0.5, 0.6) is 0 Å². The van der Waals surface area contributed by atoms with Crippen molar-refractivity contribution in [2.24, 2.45) is 4.99 Å². The summed E-state index contributed by atoms with van der Waals surface area (Å²) in [6, 6.07) is 7.68. The summed E-state index contributed by atoms with van der Waals surface area (Å²) in [5, 5.41) is 3.38. The molecular weight excluding hydrogens is 318 g/mol. The van der Waals surface area contributed by atoms with Crippen molar-refractivity contribution < 1.29 is 4.79 Å². The molecule has 2 rings (SSSR count). The molecule has 1 fully saturated rings. The lowest BCUT2D eigenvalue weighted by molar-refractivity contribution is 0.0971. The third-order valence-electron chi connectivity index (χ3n) is 4.29. The fourth-order valence-corrected chi connectivity index (χ4v) is 3.28. The van der Waals surface area contributed by atoms with Crippen LogP contribution in [0, 0.1) is 6.92 Å². The summed E-state index contributed by atoms with van der Waals surface area (Å²) in [7, 11) is 1.77. The quantitative estimate of drug-likeness (QED) is 0.675. The lowest BCUT2D eigenvalue weighted by atomic mass is 9.96. The molecule has 0 bridgehead atoms. The summed E-state index contributed by atoms with van der Waals surface area (Å²) >= 11 is 5.53. The number of rotatable bonds is 3. The second-order valence-corrected chi connectivity index (χ2v) is 6.39. The molecule has 24 heavy (non-hydrogen) atoms. The number of likely N-dealkylation sites (tertiary alicyclic amines) is 1. The van der Waals surface area contributed by atoms with E-state index >= 15 is 0 Å². The van der Waals surface area contributed by atoms with Gasteiger partial charge in [0.2, 0.25) is 0 Å². The molecule has 0 aromatic heterocycles. The molecule has 1 atom stereocenters. The molecule has 1 heterocycles. The number of piperidine rings is 1. The number of hydrogen-bond acceptors (Lipinski definition) is 3. The fraction of sp³-hybridized carbons (Fsp3) is 0.421. The highest BCUT2D eigenvalue weighted by Crippen LogP contribution is 2.22. The first-order valence-corrected chi connectivity index (χ1v) is 8.74. The van der Waals surface area contributed by atoms with Crippen molar-refractivity contribution in [3.8, 4) is 0 Å². The van der Waals surface area contributed by atoms with Gasteiger partial charge in [0.15, 0.2) is 5.11 Å². The van der Waals surface area contributed by atoms with Crippen LogP contribution in [0.3, 0.4) is 0 Å². The van der Waals surface area contributed by atoms with Gasteiger partial charge in [-0.25, -0.2) is 0 Å². The topological polar surface area (TPSA) is 44.7 Å². The largest absolute Gasteiger partial charge is 0.342 e. The van der Waals surface area contributed by atoms with E-state index in [1.807, 2.05) is 44.3 Å². The molecule has 1 aliphatic heterocycles. The molecule has 1 N–H and O–H groups in total. The molecule has 1 saturated heterocycles. The first-order valence-electron chi connectivity index (χ1n) is 8.33. The molecular formula is C19H25N3OS. The Bertz CT molecular complexity index is 649. The van der Waals surface area contributed by atoms with Gasteiger partial charge in [0, 0.05) is 25.4 Å². The molecule has 0 radical (unpaired) electrons. The van der Waals surface area contributed by atoms with Crippen LogP contribution in [0.25, 0.3) is 0 Å². The fourth-order valence-electron chi connectivity index (χ4n) is 2.97. The minimum absolute atomic E-state index is 0.157. The Morgan fingerprint density at radius 1 is 1.33 bits per heavy atom. The Morgan fingerprint density at radius 3 is 2.67 bits per heavy atom. The number of aryl methyl sites for hydroxylation is 1. The van der Waals surface area contributed by atoms with Crippen molar-refractivity contribution in [2.45, 2.75) is 39.2 Å². The van der Waals surface area contributed by atoms with Crippen LogP contribution in [0.15, 0.2) is 40.9 Å². The highest BCUT2D eigenvalue weighted by Gasteiger charge is 2.27. The molecule has 1 unspecified atom stereocenters. The highest BCUT2D eigenvalue weighted by molar-refractivity contribution is 7.80. The van der Waals surface area contributed by atoms with Crippen LogP contribution in [0.1, 0.15) is 42.1 Å². The molecule has 1 amide bonds. The summed E-state index contributed by atoms with van der Waals surface area (Å²) in [5.41, 5.74) is 2.89. The molecule has 4 nitrogen and oxygen atoms in total. The zero-order chi connectivity index (χ0) is 17.5. The van der Waals surface area contributed by atoms with Gasteiger partial charge in [-0.1, -0.05) is 23.8 Å². The number of thiocarbonyl (C=S) groups is 1. The summed E-state index contributed by atoms with van der Waals surface area (Å²) in [5.74, 6) is -0.157. The molecule has 5 heteroatoms. The number of hydrogen-bond donors (Lipinski definition) is 1. The van der Waals surface area contributed by atoms with Crippen molar-refractivity contribution in [2.75, 3.05) is 13.6 Å². The Morgan fingerprint density at radius 2 is 2.04 bits per heavy atom. The van der Waals surface area contributed by atoms with Gasteiger partial charge in [0.05, 0.1) is 6.04 Å². The number of aliphatic imine (C=N–C) groups is 1. The highest BCUT2D eigenvalue weighted by atomic mass is 32.1. The van der Waals surface area contributed by atoms with Crippen LogP contribution in [0.2, 0.25) is 0 Å². The minimum Gasteiger partial charge on any atom is -0.342 e. The maximum atomic E-state index is 12.4. The van der Waals surface area contributed by atoms with Crippen molar-refractivity contribution in [3.63, 3.8) is 0 Å². The van der Waals surface area contributed by atoms with E-state index in [-0.39, 0.29) is 11.9 Å². The predicted molar refractivity (Wildman–Crippen MR) is 104 cm³/mol. The number of amides is 1. The monoisotopic (exact) mass is 343 g/mol.